The van der Waals surface area contributed by atoms with E-state index in [1.54, 1.807) is 47.9 Å². The van der Waals surface area contributed by atoms with Crippen LogP contribution in [0.1, 0.15) is 34.8 Å². The molecule has 0 atom stereocenters. The van der Waals surface area contributed by atoms with E-state index in [2.05, 4.69) is 29.2 Å². The highest BCUT2D eigenvalue weighted by Gasteiger charge is 2.38. The number of quaternary nitrogens is 1. The molecule has 9 nitrogen and oxygen atoms in total. The molecule has 54 heavy (non-hydrogen) atoms. The molecule has 3 saturated heterocycles. The van der Waals surface area contributed by atoms with Gasteiger partial charge in [-0.2, -0.15) is 0 Å². The molecular formula is C42H45ClF2N4O5. The lowest BCUT2D eigenvalue weighted by Gasteiger charge is -2.50. The zero-order valence-corrected chi connectivity index (χ0v) is 31.6. The van der Waals surface area contributed by atoms with Gasteiger partial charge in [-0.1, -0.05) is 24.3 Å². The summed E-state index contributed by atoms with van der Waals surface area (Å²) in [4.78, 5) is 31.7. The molecule has 12 heteroatoms. The number of benzene rings is 4. The molecule has 2 bridgehead atoms. The number of piperazine rings is 3. The average molecular weight is 759 g/mol. The zero-order chi connectivity index (χ0) is 37.1. The number of carbonyl (C=O) groups is 1. The van der Waals surface area contributed by atoms with E-state index in [-0.39, 0.29) is 35.6 Å². The number of fused-ring (bicyclic) bond motifs is 4. The van der Waals surface area contributed by atoms with Gasteiger partial charge in [0, 0.05) is 79.3 Å². The van der Waals surface area contributed by atoms with Crippen LogP contribution in [0.15, 0.2) is 89.9 Å². The van der Waals surface area contributed by atoms with Crippen molar-refractivity contribution >= 4 is 22.5 Å². The number of carbonyl (C=O) groups excluding carboxylic acids is 1. The number of ether oxygens (including phenoxy) is 3. The van der Waals surface area contributed by atoms with Crippen LogP contribution < -0.4 is 36.9 Å². The quantitative estimate of drug-likeness (QED) is 0.135. The van der Waals surface area contributed by atoms with Crippen LogP contribution in [-0.2, 0) is 13.0 Å². The predicted octanol–water partition coefficient (Wildman–Crippen LogP) is 3.61. The third-order valence-corrected chi connectivity index (χ3v) is 10.6. The highest BCUT2D eigenvalue weighted by molar-refractivity contribution is 6.07. The largest absolute Gasteiger partial charge is 1.00 e. The van der Waals surface area contributed by atoms with Gasteiger partial charge < -0.3 is 40.6 Å². The molecule has 3 aliphatic heterocycles. The van der Waals surface area contributed by atoms with Crippen molar-refractivity contribution in [3.63, 3.8) is 0 Å². The van der Waals surface area contributed by atoms with Crippen LogP contribution >= 0.6 is 0 Å². The van der Waals surface area contributed by atoms with E-state index in [9.17, 15) is 18.4 Å². The zero-order valence-electron chi connectivity index (χ0n) is 30.8. The minimum atomic E-state index is -0.828. The van der Waals surface area contributed by atoms with E-state index >= 15 is 0 Å². The number of aryl methyl sites for hydroxylation is 1. The van der Waals surface area contributed by atoms with E-state index in [0.717, 1.165) is 37.6 Å². The van der Waals surface area contributed by atoms with Gasteiger partial charge >= 0.3 is 0 Å². The first kappa shape index (κ1) is 38.7. The fourth-order valence-corrected chi connectivity index (χ4v) is 7.61. The van der Waals surface area contributed by atoms with Gasteiger partial charge in [0.05, 0.1) is 51.7 Å². The van der Waals surface area contributed by atoms with Crippen LogP contribution in [0.4, 0.5) is 14.5 Å². The Hall–Kier alpha value is -4.97. The Morgan fingerprint density at radius 3 is 2.06 bits per heavy atom. The second-order valence-electron chi connectivity index (χ2n) is 13.9. The van der Waals surface area contributed by atoms with Gasteiger partial charge in [0.25, 0.3) is 5.91 Å². The fourth-order valence-electron chi connectivity index (χ4n) is 7.61. The Morgan fingerprint density at radius 1 is 0.815 bits per heavy atom. The van der Waals surface area contributed by atoms with Gasteiger partial charge in [-0.05, 0) is 49.6 Å². The summed E-state index contributed by atoms with van der Waals surface area (Å²) in [7, 11) is 3.07. The molecule has 5 aromatic rings. The van der Waals surface area contributed by atoms with E-state index in [1.807, 2.05) is 0 Å². The molecule has 0 unspecified atom stereocenters. The van der Waals surface area contributed by atoms with Crippen LogP contribution in [0.25, 0.3) is 16.6 Å². The summed E-state index contributed by atoms with van der Waals surface area (Å²) in [6.45, 7) is 10.7. The van der Waals surface area contributed by atoms with E-state index in [1.165, 1.54) is 80.2 Å². The van der Waals surface area contributed by atoms with Gasteiger partial charge in [0.2, 0.25) is 5.43 Å². The van der Waals surface area contributed by atoms with Crippen LogP contribution in [0.3, 0.4) is 0 Å². The van der Waals surface area contributed by atoms with Gasteiger partial charge in [0.15, 0.2) is 0 Å². The van der Waals surface area contributed by atoms with E-state index in [4.69, 9.17) is 14.2 Å². The molecule has 0 aliphatic carbocycles. The molecule has 4 aromatic carbocycles. The monoisotopic (exact) mass is 758 g/mol. The molecule has 1 aromatic heterocycles. The summed E-state index contributed by atoms with van der Waals surface area (Å²) in [6, 6.07) is 22.2. The Kier molecular flexibility index (Phi) is 11.9. The maximum Gasteiger partial charge on any atom is 0.263 e. The van der Waals surface area contributed by atoms with Crippen molar-refractivity contribution in [3.8, 4) is 22.9 Å². The second kappa shape index (κ2) is 16.6. The number of halogens is 3. The molecule has 4 heterocycles. The molecule has 0 saturated carbocycles. The lowest BCUT2D eigenvalue weighted by atomic mass is 10.0. The lowest BCUT2D eigenvalue weighted by molar-refractivity contribution is -0.953. The predicted molar refractivity (Wildman–Crippen MR) is 202 cm³/mol. The molecule has 0 spiro atoms. The normalized spacial score (nSPS) is 17.5. The summed E-state index contributed by atoms with van der Waals surface area (Å²) in [5.41, 5.74) is 3.03. The maximum absolute atomic E-state index is 14.2. The highest BCUT2D eigenvalue weighted by Crippen LogP contribution is 2.30. The van der Waals surface area contributed by atoms with E-state index in [0.29, 0.717) is 35.1 Å². The molecule has 8 rings (SSSR count). The van der Waals surface area contributed by atoms with Crippen molar-refractivity contribution in [2.75, 3.05) is 71.5 Å². The lowest BCUT2D eigenvalue weighted by Crippen LogP contribution is -3.00. The Balaban J connectivity index is 0.00000497. The van der Waals surface area contributed by atoms with Crippen molar-refractivity contribution in [1.29, 1.82) is 0 Å². The van der Waals surface area contributed by atoms with Crippen molar-refractivity contribution < 1.29 is 44.7 Å². The van der Waals surface area contributed by atoms with Gasteiger partial charge in [-0.25, -0.2) is 8.78 Å². The van der Waals surface area contributed by atoms with Gasteiger partial charge in [-0.15, -0.1) is 0 Å². The summed E-state index contributed by atoms with van der Waals surface area (Å²) >= 11 is 0. The van der Waals surface area contributed by atoms with Crippen LogP contribution in [0.2, 0.25) is 0 Å². The number of rotatable bonds is 13. The number of pyridine rings is 1. The molecule has 1 amide bonds. The smallest absolute Gasteiger partial charge is 0.263 e. The fraction of sp³-hybridized carbons (Fsp3) is 0.333. The number of hydrogen-bond acceptors (Lipinski definition) is 6. The maximum atomic E-state index is 14.2. The number of hydrogen-bond donors (Lipinski definition) is 0. The van der Waals surface area contributed by atoms with Gasteiger partial charge in [-0.3, -0.25) is 14.5 Å². The third-order valence-electron chi connectivity index (χ3n) is 10.6. The Morgan fingerprint density at radius 2 is 1.44 bits per heavy atom. The number of nitrogens with zero attached hydrogens (tertiary/aromatic N) is 4. The van der Waals surface area contributed by atoms with Gasteiger partial charge in [0.1, 0.15) is 41.0 Å². The molecular weight excluding hydrogens is 714 g/mol. The molecule has 3 fully saturated rings. The molecule has 0 radical (unpaired) electrons. The molecule has 284 valence electrons. The first-order chi connectivity index (χ1) is 25.7. The van der Waals surface area contributed by atoms with Crippen molar-refractivity contribution in [3.05, 3.63) is 124 Å². The molecule has 3 aliphatic rings. The number of amides is 1. The van der Waals surface area contributed by atoms with Crippen molar-refractivity contribution in [1.82, 2.24) is 9.47 Å². The highest BCUT2D eigenvalue weighted by atomic mass is 35.5. The minimum Gasteiger partial charge on any atom is -1.00 e. The minimum absolute atomic E-state index is 0. The van der Waals surface area contributed by atoms with Crippen LogP contribution in [0.5, 0.6) is 17.2 Å². The topological polar surface area (TPSA) is 73.2 Å². The van der Waals surface area contributed by atoms with Crippen LogP contribution in [-0.4, -0.2) is 86.5 Å². The summed E-state index contributed by atoms with van der Waals surface area (Å²) in [5, 5.41) is 0.267. The summed E-state index contributed by atoms with van der Waals surface area (Å²) in [5.74, 6) is -0.781. The van der Waals surface area contributed by atoms with Crippen molar-refractivity contribution in [2.24, 2.45) is 0 Å². The summed E-state index contributed by atoms with van der Waals surface area (Å²) in [6.07, 6.45) is 3.11. The first-order valence-electron chi connectivity index (χ1n) is 18.2. The number of aromatic nitrogens is 1. The second-order valence-corrected chi connectivity index (χ2v) is 13.9. The Labute approximate surface area is 320 Å². The Bertz CT molecular complexity index is 2130. The third kappa shape index (κ3) is 8.23. The van der Waals surface area contributed by atoms with E-state index < -0.39 is 23.0 Å². The molecule has 0 N–H and O–H groups in total. The van der Waals surface area contributed by atoms with Crippen LogP contribution in [0, 0.1) is 11.6 Å². The number of anilines is 1. The standard InChI is InChI=1S/C42H45F2N4O5.ClH/c1-4-46(33-21-31(43)20-32(44)22-33)42(50)39-27-47(34-23-36(51-2)25-37(24-34)52-3)40-26-35(11-12-38(40)41(39)49)53-19-5-6-29-7-9-30(10-8-29)28-48-16-13-45(14-17-48)15-18-48;/h7-12,20-27H,4-6,13-19,28H2,1-3H3;1H/q+1;/p-1. The van der Waals surface area contributed by atoms with Crippen molar-refractivity contribution in [2.45, 2.75) is 26.3 Å². The average Bonchev–Trinajstić information content (AvgIpc) is 3.17. The summed E-state index contributed by atoms with van der Waals surface area (Å²) < 4.78 is 48.5. The number of methoxy groups -OCH3 is 2. The first-order valence-corrected chi connectivity index (χ1v) is 18.2. The SMILES string of the molecule is CCN(C(=O)c1cn(-c2cc(OC)cc(OC)c2)c2cc(OCCCc3ccc(C[N+]45CCN(CC4)CC5)cc3)ccc2c1=O)c1cc(F)cc(F)c1.[Cl-].